The number of nitrogens with zero attached hydrogens (tertiary/aromatic N) is 2. The number of anilines is 2. The fourth-order valence-corrected chi connectivity index (χ4v) is 3.27. The van der Waals surface area contributed by atoms with E-state index in [1.165, 1.54) is 5.56 Å². The Kier molecular flexibility index (Phi) is 6.75. The molecule has 0 unspecified atom stereocenters. The molecule has 0 aliphatic rings. The van der Waals surface area contributed by atoms with Crippen LogP contribution in [0, 0.1) is 6.92 Å². The van der Waals surface area contributed by atoms with Gasteiger partial charge >= 0.3 is 6.09 Å². The first kappa shape index (κ1) is 20.7. The van der Waals surface area contributed by atoms with E-state index in [1.54, 1.807) is 0 Å². The number of ether oxygens (including phenoxy) is 1. The number of fused-ring (bicyclic) bond motifs is 1. The van der Waals surface area contributed by atoms with Gasteiger partial charge in [-0.15, -0.1) is 0 Å². The Morgan fingerprint density at radius 1 is 1.14 bits per heavy atom. The average Bonchev–Trinajstić information content (AvgIpc) is 3.12. The van der Waals surface area contributed by atoms with Crippen molar-refractivity contribution < 1.29 is 9.53 Å². The molecule has 0 atom stereocenters. The molecule has 3 aromatic rings. The third-order valence-corrected chi connectivity index (χ3v) is 5.00. The van der Waals surface area contributed by atoms with Crippen LogP contribution >= 0.6 is 0 Å². The summed E-state index contributed by atoms with van der Waals surface area (Å²) < 4.78 is 5.29. The Labute approximate surface area is 172 Å². The summed E-state index contributed by atoms with van der Waals surface area (Å²) in [4.78, 5) is 22.6. The topological polar surface area (TPSA) is 70.2 Å². The number of aromatic nitrogens is 2. The van der Waals surface area contributed by atoms with Crippen molar-refractivity contribution in [2.45, 2.75) is 40.5 Å². The number of carbonyl (C=O) groups is 1. The molecule has 0 aliphatic heterocycles. The third-order valence-electron chi connectivity index (χ3n) is 5.00. The van der Waals surface area contributed by atoms with Gasteiger partial charge in [-0.2, -0.15) is 0 Å². The van der Waals surface area contributed by atoms with Crippen molar-refractivity contribution in [1.29, 1.82) is 0 Å². The SMILES string of the molecule is CCCCOC(=O)Nc1cc2nc(-c3ccc(C)cc3)[nH]c2cc1N(CC)CC. The summed E-state index contributed by atoms with van der Waals surface area (Å²) in [5.74, 6) is 0.813. The van der Waals surface area contributed by atoms with Crippen LogP contribution in [-0.2, 0) is 4.74 Å². The molecule has 2 aromatic carbocycles. The second-order valence-corrected chi connectivity index (χ2v) is 7.12. The lowest BCUT2D eigenvalue weighted by atomic mass is 10.1. The number of aryl methyl sites for hydroxylation is 1. The largest absolute Gasteiger partial charge is 0.449 e. The molecule has 0 aliphatic carbocycles. The normalized spacial score (nSPS) is 10.9. The fourth-order valence-electron chi connectivity index (χ4n) is 3.27. The highest BCUT2D eigenvalue weighted by Crippen LogP contribution is 2.32. The van der Waals surface area contributed by atoms with Gasteiger partial charge in [0.25, 0.3) is 0 Å². The van der Waals surface area contributed by atoms with E-state index < -0.39 is 6.09 Å². The summed E-state index contributed by atoms with van der Waals surface area (Å²) >= 11 is 0. The first-order valence-corrected chi connectivity index (χ1v) is 10.3. The Hall–Kier alpha value is -3.02. The minimum Gasteiger partial charge on any atom is -0.449 e. The molecular weight excluding hydrogens is 364 g/mol. The highest BCUT2D eigenvalue weighted by Gasteiger charge is 2.16. The number of benzene rings is 2. The van der Waals surface area contributed by atoms with Gasteiger partial charge in [0, 0.05) is 18.7 Å². The number of H-pyrrole nitrogens is 1. The van der Waals surface area contributed by atoms with Crippen LogP contribution in [0.2, 0.25) is 0 Å². The lowest BCUT2D eigenvalue weighted by Crippen LogP contribution is -2.24. The van der Waals surface area contributed by atoms with Crippen molar-refractivity contribution >= 4 is 28.5 Å². The number of amides is 1. The summed E-state index contributed by atoms with van der Waals surface area (Å²) in [5, 5.41) is 2.91. The van der Waals surface area contributed by atoms with E-state index >= 15 is 0 Å². The van der Waals surface area contributed by atoms with Crippen LogP contribution in [0.25, 0.3) is 22.4 Å². The number of carbonyl (C=O) groups excluding carboxylic acids is 1. The molecule has 1 aromatic heterocycles. The predicted octanol–water partition coefficient (Wildman–Crippen LogP) is 5.73. The maximum absolute atomic E-state index is 12.3. The number of unbranched alkanes of at least 4 members (excludes halogenated alkanes) is 1. The Bertz CT molecular complexity index is 959. The summed E-state index contributed by atoms with van der Waals surface area (Å²) in [7, 11) is 0. The molecule has 0 saturated heterocycles. The zero-order chi connectivity index (χ0) is 20.8. The average molecular weight is 395 g/mol. The van der Waals surface area contributed by atoms with Crippen LogP contribution in [0.15, 0.2) is 36.4 Å². The van der Waals surface area contributed by atoms with Gasteiger partial charge in [-0.05, 0) is 39.3 Å². The highest BCUT2D eigenvalue weighted by atomic mass is 16.5. The summed E-state index contributed by atoms with van der Waals surface area (Å²) in [6, 6.07) is 12.2. The molecule has 0 radical (unpaired) electrons. The molecule has 6 heteroatoms. The molecule has 154 valence electrons. The Balaban J connectivity index is 1.97. The van der Waals surface area contributed by atoms with Gasteiger partial charge in [-0.3, -0.25) is 5.32 Å². The van der Waals surface area contributed by atoms with E-state index in [0.717, 1.165) is 54.0 Å². The lowest BCUT2D eigenvalue weighted by Gasteiger charge is -2.24. The van der Waals surface area contributed by atoms with Crippen molar-refractivity contribution in [2.75, 3.05) is 29.9 Å². The smallest absolute Gasteiger partial charge is 0.411 e. The monoisotopic (exact) mass is 394 g/mol. The van der Waals surface area contributed by atoms with Gasteiger partial charge in [0.1, 0.15) is 5.82 Å². The first-order valence-electron chi connectivity index (χ1n) is 10.3. The number of hydrogen-bond acceptors (Lipinski definition) is 4. The van der Waals surface area contributed by atoms with E-state index in [9.17, 15) is 4.79 Å². The van der Waals surface area contributed by atoms with Gasteiger partial charge in [0.05, 0.1) is 29.0 Å². The second-order valence-electron chi connectivity index (χ2n) is 7.12. The van der Waals surface area contributed by atoms with Crippen molar-refractivity contribution in [3.63, 3.8) is 0 Å². The van der Waals surface area contributed by atoms with Gasteiger partial charge < -0.3 is 14.6 Å². The van der Waals surface area contributed by atoms with Crippen LogP contribution in [0.4, 0.5) is 16.2 Å². The molecule has 29 heavy (non-hydrogen) atoms. The molecule has 2 N–H and O–H groups in total. The standard InChI is InChI=1S/C23H30N4O2/c1-5-8-13-29-23(28)26-20-14-18-19(15-21(20)27(6-2)7-3)25-22(24-18)17-11-9-16(4)10-12-17/h9-12,14-15H,5-8,13H2,1-4H3,(H,24,25)(H,26,28). The zero-order valence-corrected chi connectivity index (χ0v) is 17.7. The van der Waals surface area contributed by atoms with Crippen molar-refractivity contribution in [1.82, 2.24) is 9.97 Å². The molecular formula is C23H30N4O2. The first-order chi connectivity index (χ1) is 14.0. The minimum atomic E-state index is -0.430. The Morgan fingerprint density at radius 2 is 1.86 bits per heavy atom. The van der Waals surface area contributed by atoms with Gasteiger partial charge in [0.2, 0.25) is 0 Å². The molecule has 6 nitrogen and oxygen atoms in total. The zero-order valence-electron chi connectivity index (χ0n) is 17.7. The third kappa shape index (κ3) is 4.88. The van der Waals surface area contributed by atoms with E-state index in [4.69, 9.17) is 9.72 Å². The number of nitrogens with one attached hydrogen (secondary N) is 2. The van der Waals surface area contributed by atoms with E-state index in [-0.39, 0.29) is 0 Å². The molecule has 0 bridgehead atoms. The van der Waals surface area contributed by atoms with Crippen molar-refractivity contribution in [2.24, 2.45) is 0 Å². The fraction of sp³-hybridized carbons (Fsp3) is 0.391. The summed E-state index contributed by atoms with van der Waals surface area (Å²) in [6.07, 6.45) is 1.41. The van der Waals surface area contributed by atoms with Crippen LogP contribution in [-0.4, -0.2) is 35.8 Å². The predicted molar refractivity (Wildman–Crippen MR) is 120 cm³/mol. The quantitative estimate of drug-likeness (QED) is 0.479. The number of imidazole rings is 1. The molecule has 3 rings (SSSR count). The Morgan fingerprint density at radius 3 is 2.52 bits per heavy atom. The van der Waals surface area contributed by atoms with Crippen molar-refractivity contribution in [3.8, 4) is 11.4 Å². The summed E-state index contributed by atoms with van der Waals surface area (Å²) in [5.41, 5.74) is 5.65. The van der Waals surface area contributed by atoms with Gasteiger partial charge in [0.15, 0.2) is 0 Å². The van der Waals surface area contributed by atoms with Crippen LogP contribution < -0.4 is 10.2 Å². The van der Waals surface area contributed by atoms with E-state index in [2.05, 4.69) is 73.2 Å². The van der Waals surface area contributed by atoms with E-state index in [1.807, 2.05) is 6.07 Å². The molecule has 1 amide bonds. The van der Waals surface area contributed by atoms with Crippen molar-refractivity contribution in [3.05, 3.63) is 42.0 Å². The maximum atomic E-state index is 12.3. The molecule has 0 fully saturated rings. The molecule has 0 saturated carbocycles. The second kappa shape index (κ2) is 9.45. The summed E-state index contributed by atoms with van der Waals surface area (Å²) in [6.45, 7) is 10.4. The van der Waals surface area contributed by atoms with Crippen LogP contribution in [0.5, 0.6) is 0 Å². The number of rotatable bonds is 8. The number of hydrogen-bond donors (Lipinski definition) is 2. The lowest BCUT2D eigenvalue weighted by molar-refractivity contribution is 0.160. The van der Waals surface area contributed by atoms with Crippen LogP contribution in [0.3, 0.4) is 0 Å². The van der Waals surface area contributed by atoms with Gasteiger partial charge in [-0.1, -0.05) is 43.2 Å². The highest BCUT2D eigenvalue weighted by molar-refractivity contribution is 5.96. The maximum Gasteiger partial charge on any atom is 0.411 e. The molecule has 1 heterocycles. The molecule has 0 spiro atoms. The minimum absolute atomic E-state index is 0.422. The number of aromatic amines is 1. The van der Waals surface area contributed by atoms with Crippen LogP contribution in [0.1, 0.15) is 39.2 Å². The van der Waals surface area contributed by atoms with Gasteiger partial charge in [-0.25, -0.2) is 9.78 Å². The van der Waals surface area contributed by atoms with E-state index in [0.29, 0.717) is 12.3 Å².